The van der Waals surface area contributed by atoms with E-state index in [1.807, 2.05) is 43.3 Å². The molecule has 0 aliphatic rings. The Morgan fingerprint density at radius 3 is 2.38 bits per heavy atom. The zero-order valence-electron chi connectivity index (χ0n) is 15.4. The summed E-state index contributed by atoms with van der Waals surface area (Å²) in [5.74, 6) is 1.22. The number of rotatable bonds is 7. The molecule has 0 fully saturated rings. The summed E-state index contributed by atoms with van der Waals surface area (Å²) in [6.45, 7) is 6.92. The van der Waals surface area contributed by atoms with Crippen LogP contribution in [0.3, 0.4) is 0 Å². The van der Waals surface area contributed by atoms with Crippen molar-refractivity contribution in [2.45, 2.75) is 45.7 Å². The Morgan fingerprint density at radius 1 is 1.04 bits per heavy atom. The molecule has 26 heavy (non-hydrogen) atoms. The van der Waals surface area contributed by atoms with E-state index in [9.17, 15) is 0 Å². The first-order chi connectivity index (χ1) is 12.6. The highest BCUT2D eigenvalue weighted by molar-refractivity contribution is 6.30. The van der Waals surface area contributed by atoms with E-state index in [2.05, 4.69) is 41.4 Å². The van der Waals surface area contributed by atoms with E-state index < -0.39 is 0 Å². The van der Waals surface area contributed by atoms with E-state index in [1.165, 1.54) is 5.56 Å². The third-order valence-corrected chi connectivity index (χ3v) is 5.29. The summed E-state index contributed by atoms with van der Waals surface area (Å²) in [7, 11) is 0. The molecule has 4 nitrogen and oxygen atoms in total. The Kier molecular flexibility index (Phi) is 5.74. The predicted octanol–water partition coefficient (Wildman–Crippen LogP) is 5.50. The number of nitrogens with one attached hydrogen (secondary N) is 1. The lowest BCUT2D eigenvalue weighted by Crippen LogP contribution is -2.41. The second-order valence-corrected chi connectivity index (χ2v) is 6.91. The maximum Gasteiger partial charge on any atom is 0.240 e. The summed E-state index contributed by atoms with van der Waals surface area (Å²) >= 11 is 6.04. The number of benzene rings is 2. The average Bonchev–Trinajstić information content (AvgIpc) is 3.13. The molecular weight excluding hydrogens is 346 g/mol. The van der Waals surface area contributed by atoms with Crippen LogP contribution in [0.2, 0.25) is 5.02 Å². The van der Waals surface area contributed by atoms with E-state index >= 15 is 0 Å². The second kappa shape index (κ2) is 8.02. The highest BCUT2D eigenvalue weighted by atomic mass is 35.5. The van der Waals surface area contributed by atoms with Crippen molar-refractivity contribution in [3.63, 3.8) is 0 Å². The van der Waals surface area contributed by atoms with Gasteiger partial charge in [0.1, 0.15) is 0 Å². The van der Waals surface area contributed by atoms with Gasteiger partial charge in [-0.05, 0) is 43.0 Å². The molecule has 0 saturated heterocycles. The first-order valence-corrected chi connectivity index (χ1v) is 9.35. The topological polar surface area (TPSA) is 51.0 Å². The minimum absolute atomic E-state index is 0.151. The molecule has 3 rings (SSSR count). The lowest BCUT2D eigenvalue weighted by molar-refractivity contribution is 0.277. The van der Waals surface area contributed by atoms with Gasteiger partial charge in [0.05, 0.1) is 6.54 Å². The van der Waals surface area contributed by atoms with Gasteiger partial charge in [0, 0.05) is 16.1 Å². The monoisotopic (exact) mass is 369 g/mol. The number of aromatic nitrogens is 2. The molecule has 1 aromatic heterocycles. The van der Waals surface area contributed by atoms with Gasteiger partial charge in [-0.15, -0.1) is 0 Å². The quantitative estimate of drug-likeness (QED) is 0.597. The molecule has 0 saturated carbocycles. The Labute approximate surface area is 159 Å². The van der Waals surface area contributed by atoms with Crippen molar-refractivity contribution < 1.29 is 4.52 Å². The molecule has 0 aliphatic heterocycles. The molecule has 0 unspecified atom stereocenters. The molecule has 0 aliphatic carbocycles. The first kappa shape index (κ1) is 18.6. The van der Waals surface area contributed by atoms with Crippen LogP contribution in [0.15, 0.2) is 53.1 Å². The zero-order valence-corrected chi connectivity index (χ0v) is 16.2. The zero-order chi connectivity index (χ0) is 18.6. The van der Waals surface area contributed by atoms with Gasteiger partial charge in [-0.1, -0.05) is 67.0 Å². The van der Waals surface area contributed by atoms with Gasteiger partial charge in [0.25, 0.3) is 0 Å². The van der Waals surface area contributed by atoms with E-state index in [0.717, 1.165) is 29.0 Å². The molecule has 3 aromatic rings. The minimum atomic E-state index is -0.151. The molecule has 0 atom stereocenters. The van der Waals surface area contributed by atoms with Gasteiger partial charge in [0.2, 0.25) is 11.7 Å². The normalized spacial score (nSPS) is 11.7. The number of halogens is 1. The van der Waals surface area contributed by atoms with E-state index in [1.54, 1.807) is 0 Å². The van der Waals surface area contributed by atoms with Crippen molar-refractivity contribution in [2.24, 2.45) is 0 Å². The molecule has 136 valence electrons. The van der Waals surface area contributed by atoms with Crippen molar-refractivity contribution in [3.8, 4) is 11.4 Å². The van der Waals surface area contributed by atoms with Crippen LogP contribution < -0.4 is 5.32 Å². The van der Waals surface area contributed by atoms with Crippen molar-refractivity contribution in [1.29, 1.82) is 0 Å². The standard InChI is InChI=1S/C21H24ClN3O/c1-4-21(5-2,16-10-12-17(22)13-11-16)23-14-19-24-20(25-26-19)18-9-7-6-8-15(18)3/h6-13,23H,4-5,14H2,1-3H3. The fourth-order valence-electron chi connectivity index (χ4n) is 3.28. The van der Waals surface area contributed by atoms with Crippen LogP contribution in [0.5, 0.6) is 0 Å². The Bertz CT molecular complexity index is 854. The molecule has 0 spiro atoms. The third kappa shape index (κ3) is 3.81. The van der Waals surface area contributed by atoms with Gasteiger partial charge in [-0.2, -0.15) is 4.98 Å². The molecule has 1 heterocycles. The number of nitrogens with zero attached hydrogens (tertiary/aromatic N) is 2. The molecule has 0 bridgehead atoms. The summed E-state index contributed by atoms with van der Waals surface area (Å²) in [6.07, 6.45) is 1.90. The van der Waals surface area contributed by atoms with Gasteiger partial charge in [0.15, 0.2) is 0 Å². The Hall–Kier alpha value is -2.17. The molecule has 2 aromatic carbocycles. The van der Waals surface area contributed by atoms with Gasteiger partial charge in [-0.3, -0.25) is 5.32 Å². The first-order valence-electron chi connectivity index (χ1n) is 8.97. The van der Waals surface area contributed by atoms with Gasteiger partial charge in [-0.25, -0.2) is 0 Å². The summed E-state index contributed by atoms with van der Waals surface area (Å²) in [6, 6.07) is 16.1. The van der Waals surface area contributed by atoms with Crippen molar-refractivity contribution in [1.82, 2.24) is 15.5 Å². The van der Waals surface area contributed by atoms with Crippen LogP contribution >= 0.6 is 11.6 Å². The molecule has 0 amide bonds. The van der Waals surface area contributed by atoms with Crippen LogP contribution in [-0.2, 0) is 12.1 Å². The summed E-state index contributed by atoms with van der Waals surface area (Å²) in [5.41, 5.74) is 3.19. The van der Waals surface area contributed by atoms with Crippen LogP contribution in [0.25, 0.3) is 11.4 Å². The summed E-state index contributed by atoms with van der Waals surface area (Å²) in [5, 5.41) is 8.51. The molecular formula is C21H24ClN3O. The fraction of sp³-hybridized carbons (Fsp3) is 0.333. The van der Waals surface area contributed by atoms with Crippen molar-refractivity contribution in [3.05, 3.63) is 70.6 Å². The van der Waals surface area contributed by atoms with Crippen LogP contribution in [0.4, 0.5) is 0 Å². The largest absolute Gasteiger partial charge is 0.338 e. The van der Waals surface area contributed by atoms with Gasteiger partial charge >= 0.3 is 0 Å². The molecule has 5 heteroatoms. The smallest absolute Gasteiger partial charge is 0.240 e. The van der Waals surface area contributed by atoms with E-state index in [0.29, 0.717) is 18.3 Å². The number of hydrogen-bond acceptors (Lipinski definition) is 4. The average molecular weight is 370 g/mol. The highest BCUT2D eigenvalue weighted by Gasteiger charge is 2.28. The van der Waals surface area contributed by atoms with E-state index in [-0.39, 0.29) is 5.54 Å². The number of hydrogen-bond donors (Lipinski definition) is 1. The SMILES string of the molecule is CCC(CC)(NCc1nc(-c2ccccc2C)no1)c1ccc(Cl)cc1. The summed E-state index contributed by atoms with van der Waals surface area (Å²) in [4.78, 5) is 4.56. The Balaban J connectivity index is 1.78. The van der Waals surface area contributed by atoms with Crippen LogP contribution in [0.1, 0.15) is 43.7 Å². The van der Waals surface area contributed by atoms with Crippen molar-refractivity contribution >= 4 is 11.6 Å². The van der Waals surface area contributed by atoms with Crippen LogP contribution in [-0.4, -0.2) is 10.1 Å². The lowest BCUT2D eigenvalue weighted by atomic mass is 9.84. The maximum atomic E-state index is 6.04. The fourth-order valence-corrected chi connectivity index (χ4v) is 3.41. The minimum Gasteiger partial charge on any atom is -0.338 e. The second-order valence-electron chi connectivity index (χ2n) is 6.48. The predicted molar refractivity (Wildman–Crippen MR) is 105 cm³/mol. The van der Waals surface area contributed by atoms with Crippen molar-refractivity contribution in [2.75, 3.05) is 0 Å². The molecule has 0 radical (unpaired) electrons. The lowest BCUT2D eigenvalue weighted by Gasteiger charge is -2.33. The maximum absolute atomic E-state index is 6.04. The highest BCUT2D eigenvalue weighted by Crippen LogP contribution is 2.30. The van der Waals surface area contributed by atoms with Gasteiger partial charge < -0.3 is 4.52 Å². The van der Waals surface area contributed by atoms with E-state index in [4.69, 9.17) is 16.1 Å². The molecule has 1 N–H and O–H groups in total. The summed E-state index contributed by atoms with van der Waals surface area (Å²) < 4.78 is 5.47. The van der Waals surface area contributed by atoms with Crippen LogP contribution in [0, 0.1) is 6.92 Å². The number of aryl methyl sites for hydroxylation is 1. The third-order valence-electron chi connectivity index (χ3n) is 5.04. The Morgan fingerprint density at radius 2 is 1.73 bits per heavy atom.